The second-order valence-electron chi connectivity index (χ2n) is 6.48. The van der Waals surface area contributed by atoms with E-state index in [0.717, 1.165) is 36.6 Å². The first-order chi connectivity index (χ1) is 11.1. The summed E-state index contributed by atoms with van der Waals surface area (Å²) in [5.74, 6) is 0. The van der Waals surface area contributed by atoms with Gasteiger partial charge in [-0.25, -0.2) is 0 Å². The van der Waals surface area contributed by atoms with Crippen molar-refractivity contribution in [2.24, 2.45) is 0 Å². The zero-order chi connectivity index (χ0) is 16.4. The van der Waals surface area contributed by atoms with Crippen LogP contribution in [-0.2, 0) is 5.41 Å². The summed E-state index contributed by atoms with van der Waals surface area (Å²) in [6.45, 7) is 0. The highest BCUT2D eigenvalue weighted by Crippen LogP contribution is 2.53. The quantitative estimate of drug-likeness (QED) is 0.716. The van der Waals surface area contributed by atoms with Gasteiger partial charge in [0.1, 0.15) is 15.7 Å². The molecule has 0 fully saturated rings. The lowest BCUT2D eigenvalue weighted by Crippen LogP contribution is -2.27. The predicted octanol–water partition coefficient (Wildman–Crippen LogP) is 2.27. The molecular weight excluding hydrogens is 271 g/mol. The SMILES string of the molecule is [B]CCCC1(CCC[B])c2cc([B])ccc2-c2ccc([B])cc21. The van der Waals surface area contributed by atoms with Crippen LogP contribution in [-0.4, -0.2) is 31.4 Å². The highest BCUT2D eigenvalue weighted by Gasteiger charge is 2.41. The number of rotatable bonds is 6. The molecule has 0 amide bonds. The maximum atomic E-state index is 6.10. The molecule has 0 aromatic heterocycles. The van der Waals surface area contributed by atoms with Crippen molar-refractivity contribution in [3.63, 3.8) is 0 Å². The molecule has 1 aliphatic rings. The molecule has 106 valence electrons. The molecule has 0 spiro atoms. The third-order valence-electron chi connectivity index (χ3n) is 5.02. The lowest BCUT2D eigenvalue weighted by Gasteiger charge is -2.33. The van der Waals surface area contributed by atoms with Gasteiger partial charge in [-0.15, -0.1) is 0 Å². The van der Waals surface area contributed by atoms with Crippen LogP contribution in [0.5, 0.6) is 0 Å². The Labute approximate surface area is 145 Å². The molecule has 1 aliphatic carbocycles. The summed E-state index contributed by atoms with van der Waals surface area (Å²) in [7, 11) is 23.8. The van der Waals surface area contributed by atoms with E-state index in [2.05, 4.69) is 24.3 Å². The molecule has 23 heavy (non-hydrogen) atoms. The maximum Gasteiger partial charge on any atom is 0.113 e. The van der Waals surface area contributed by atoms with Gasteiger partial charge in [0.05, 0.1) is 15.7 Å². The second-order valence-corrected chi connectivity index (χ2v) is 6.48. The Hall–Kier alpha value is -1.30. The van der Waals surface area contributed by atoms with Crippen molar-refractivity contribution in [2.45, 2.75) is 43.7 Å². The number of hydrogen-bond donors (Lipinski definition) is 0. The molecule has 0 unspecified atom stereocenters. The van der Waals surface area contributed by atoms with Gasteiger partial charge in [-0.3, -0.25) is 0 Å². The minimum absolute atomic E-state index is 0.0752. The summed E-state index contributed by atoms with van der Waals surface area (Å²) in [6.07, 6.45) is 5.28. The standard InChI is InChI=1S/C19H18B4/c20-9-1-7-19(8-2-10-21)17-11-13(22)3-5-15(17)16-6-4-14(23)12-18(16)19/h3-6,11-12H,1-2,7-10H2. The van der Waals surface area contributed by atoms with E-state index >= 15 is 0 Å². The fraction of sp³-hybridized carbons (Fsp3) is 0.368. The van der Waals surface area contributed by atoms with Crippen LogP contribution in [0, 0.1) is 0 Å². The second kappa shape index (κ2) is 6.67. The molecule has 0 aliphatic heterocycles. The average Bonchev–Trinajstić information content (AvgIpc) is 2.80. The van der Waals surface area contributed by atoms with Crippen LogP contribution in [0.1, 0.15) is 36.8 Å². The summed E-state index contributed by atoms with van der Waals surface area (Å²) < 4.78 is 0. The van der Waals surface area contributed by atoms with Crippen LogP contribution in [0.2, 0.25) is 12.6 Å². The fourth-order valence-corrected chi connectivity index (χ4v) is 4.00. The molecule has 8 radical (unpaired) electrons. The minimum Gasteiger partial charge on any atom is -0.0963 e. The maximum absolute atomic E-state index is 6.10. The third kappa shape index (κ3) is 2.82. The van der Waals surface area contributed by atoms with Gasteiger partial charge in [0, 0.05) is 5.41 Å². The van der Waals surface area contributed by atoms with E-state index in [1.165, 1.54) is 22.3 Å². The van der Waals surface area contributed by atoms with Crippen LogP contribution in [0.3, 0.4) is 0 Å². The molecule has 0 N–H and O–H groups in total. The van der Waals surface area contributed by atoms with E-state index in [4.69, 9.17) is 31.4 Å². The molecular formula is C19H18B4. The summed E-state index contributed by atoms with van der Waals surface area (Å²) in [5, 5.41) is 0. The molecule has 3 rings (SSSR count). The molecule has 0 saturated carbocycles. The van der Waals surface area contributed by atoms with E-state index in [9.17, 15) is 0 Å². The summed E-state index contributed by atoms with van der Waals surface area (Å²) in [6, 6.07) is 12.5. The van der Waals surface area contributed by atoms with Gasteiger partial charge in [0.25, 0.3) is 0 Å². The fourth-order valence-electron chi connectivity index (χ4n) is 4.00. The monoisotopic (exact) mass is 290 g/mol. The van der Waals surface area contributed by atoms with Gasteiger partial charge in [-0.05, 0) is 35.1 Å². The molecule has 0 atom stereocenters. The normalized spacial score (nSPS) is 14.4. The predicted molar refractivity (Wildman–Crippen MR) is 103 cm³/mol. The first-order valence-corrected chi connectivity index (χ1v) is 8.33. The zero-order valence-electron chi connectivity index (χ0n) is 13.5. The molecule has 2 aromatic rings. The van der Waals surface area contributed by atoms with Crippen molar-refractivity contribution in [3.8, 4) is 11.1 Å². The van der Waals surface area contributed by atoms with Gasteiger partial charge >= 0.3 is 0 Å². The van der Waals surface area contributed by atoms with Gasteiger partial charge in [-0.1, -0.05) is 72.8 Å². The van der Waals surface area contributed by atoms with Gasteiger partial charge < -0.3 is 0 Å². The van der Waals surface area contributed by atoms with Crippen LogP contribution >= 0.6 is 0 Å². The Morgan fingerprint density at radius 3 is 1.52 bits per heavy atom. The average molecular weight is 290 g/mol. The summed E-state index contributed by atoms with van der Waals surface area (Å²) in [5.41, 5.74) is 6.67. The van der Waals surface area contributed by atoms with Crippen molar-refractivity contribution in [1.29, 1.82) is 0 Å². The molecule has 0 nitrogen and oxygen atoms in total. The van der Waals surface area contributed by atoms with Crippen molar-refractivity contribution in [3.05, 3.63) is 47.5 Å². The minimum atomic E-state index is -0.0752. The van der Waals surface area contributed by atoms with Crippen LogP contribution in [0.4, 0.5) is 0 Å². The number of hydrogen-bond acceptors (Lipinski definition) is 0. The highest BCUT2D eigenvalue weighted by atomic mass is 14.4. The van der Waals surface area contributed by atoms with Crippen LogP contribution in [0.25, 0.3) is 11.1 Å². The Kier molecular flexibility index (Phi) is 4.80. The molecule has 0 bridgehead atoms. The van der Waals surface area contributed by atoms with E-state index < -0.39 is 0 Å². The molecule has 0 saturated heterocycles. The Balaban J connectivity index is 2.23. The first-order valence-electron chi connectivity index (χ1n) is 8.33. The summed E-state index contributed by atoms with van der Waals surface area (Å²) >= 11 is 0. The Morgan fingerprint density at radius 2 is 1.13 bits per heavy atom. The zero-order valence-corrected chi connectivity index (χ0v) is 13.5. The molecule has 2 aromatic carbocycles. The van der Waals surface area contributed by atoms with Crippen LogP contribution in [0.15, 0.2) is 36.4 Å². The lowest BCUT2D eigenvalue weighted by atomic mass is 9.68. The summed E-state index contributed by atoms with van der Waals surface area (Å²) in [4.78, 5) is 0. The first kappa shape index (κ1) is 16.6. The van der Waals surface area contributed by atoms with E-state index in [-0.39, 0.29) is 5.41 Å². The topological polar surface area (TPSA) is 0 Å². The van der Waals surface area contributed by atoms with E-state index in [1.54, 1.807) is 0 Å². The Morgan fingerprint density at radius 1 is 0.696 bits per heavy atom. The molecule has 0 heterocycles. The van der Waals surface area contributed by atoms with Gasteiger partial charge in [0.15, 0.2) is 0 Å². The van der Waals surface area contributed by atoms with Crippen molar-refractivity contribution < 1.29 is 0 Å². The lowest BCUT2D eigenvalue weighted by molar-refractivity contribution is 0.436. The van der Waals surface area contributed by atoms with Gasteiger partial charge in [0.2, 0.25) is 0 Å². The van der Waals surface area contributed by atoms with Crippen molar-refractivity contribution in [2.75, 3.05) is 0 Å². The van der Waals surface area contributed by atoms with Crippen molar-refractivity contribution >= 4 is 42.3 Å². The van der Waals surface area contributed by atoms with Gasteiger partial charge in [-0.2, -0.15) is 0 Å². The van der Waals surface area contributed by atoms with Crippen molar-refractivity contribution in [1.82, 2.24) is 0 Å². The smallest absolute Gasteiger partial charge is 0.0963 e. The molecule has 4 heteroatoms. The Bertz CT molecular complexity index is 647. The number of fused-ring (bicyclic) bond motifs is 3. The highest BCUT2D eigenvalue weighted by molar-refractivity contribution is 6.33. The third-order valence-corrected chi connectivity index (χ3v) is 5.02. The van der Waals surface area contributed by atoms with Crippen LogP contribution < -0.4 is 10.9 Å². The van der Waals surface area contributed by atoms with E-state index in [1.807, 2.05) is 12.1 Å². The van der Waals surface area contributed by atoms with E-state index in [0.29, 0.717) is 12.6 Å². The number of benzene rings is 2. The largest absolute Gasteiger partial charge is 0.113 e.